The molecule has 0 aliphatic carbocycles. The molecular formula is C15H21N5O2. The third kappa shape index (κ3) is 2.69. The summed E-state index contributed by atoms with van der Waals surface area (Å²) < 4.78 is 7.03. The minimum atomic E-state index is -0.0528. The molecule has 1 aliphatic rings. The van der Waals surface area contributed by atoms with E-state index in [-0.39, 0.29) is 12.0 Å². The maximum atomic E-state index is 12.6. The van der Waals surface area contributed by atoms with E-state index in [4.69, 9.17) is 4.74 Å². The van der Waals surface area contributed by atoms with Crippen molar-refractivity contribution in [1.29, 1.82) is 0 Å². The maximum absolute atomic E-state index is 12.6. The molecule has 2 aromatic rings. The Hall–Kier alpha value is -1.99. The highest BCUT2D eigenvalue weighted by Crippen LogP contribution is 2.19. The highest BCUT2D eigenvalue weighted by molar-refractivity contribution is 5.99. The number of carbonyl (C=O) groups is 1. The lowest BCUT2D eigenvalue weighted by atomic mass is 10.2. The number of likely N-dealkylation sites (N-methyl/N-ethyl adjacent to an activating group) is 2. The van der Waals surface area contributed by atoms with Crippen LogP contribution < -0.4 is 0 Å². The molecule has 7 heteroatoms. The SMILES string of the molecule is CO[C@H]1C[C@@H](CN(C)C(=O)c2cnn3cccnc23)N(C)C1. The number of methoxy groups -OCH3 is 1. The first kappa shape index (κ1) is 14.9. The summed E-state index contributed by atoms with van der Waals surface area (Å²) in [6.07, 6.45) is 6.22. The van der Waals surface area contributed by atoms with Crippen LogP contribution in [-0.4, -0.2) is 76.7 Å². The number of hydrogen-bond donors (Lipinski definition) is 0. The highest BCUT2D eigenvalue weighted by Gasteiger charge is 2.31. The summed E-state index contributed by atoms with van der Waals surface area (Å²) in [5, 5.41) is 4.17. The van der Waals surface area contributed by atoms with E-state index >= 15 is 0 Å². The molecule has 1 fully saturated rings. The number of ether oxygens (including phenoxy) is 1. The van der Waals surface area contributed by atoms with Crippen molar-refractivity contribution in [3.05, 3.63) is 30.2 Å². The van der Waals surface area contributed by atoms with Crippen molar-refractivity contribution in [2.75, 3.05) is 34.3 Å². The Balaban J connectivity index is 1.72. The summed E-state index contributed by atoms with van der Waals surface area (Å²) in [5.41, 5.74) is 1.13. The third-order valence-electron chi connectivity index (χ3n) is 4.32. The van der Waals surface area contributed by atoms with Gasteiger partial charge in [-0.2, -0.15) is 5.10 Å². The molecule has 0 saturated carbocycles. The van der Waals surface area contributed by atoms with Crippen molar-refractivity contribution in [2.45, 2.75) is 18.6 Å². The number of nitrogens with zero attached hydrogens (tertiary/aromatic N) is 5. The Morgan fingerprint density at radius 3 is 3.09 bits per heavy atom. The van der Waals surface area contributed by atoms with E-state index in [9.17, 15) is 4.79 Å². The molecule has 3 rings (SSSR count). The van der Waals surface area contributed by atoms with Crippen molar-refractivity contribution in [3.8, 4) is 0 Å². The number of amides is 1. The predicted molar refractivity (Wildman–Crippen MR) is 81.8 cm³/mol. The summed E-state index contributed by atoms with van der Waals surface area (Å²) >= 11 is 0. The lowest BCUT2D eigenvalue weighted by molar-refractivity contribution is 0.0762. The van der Waals surface area contributed by atoms with Gasteiger partial charge in [0.15, 0.2) is 5.65 Å². The topological polar surface area (TPSA) is 63.0 Å². The second kappa shape index (κ2) is 6.02. The molecule has 0 unspecified atom stereocenters. The van der Waals surface area contributed by atoms with Crippen LogP contribution >= 0.6 is 0 Å². The van der Waals surface area contributed by atoms with Gasteiger partial charge in [0.1, 0.15) is 5.56 Å². The van der Waals surface area contributed by atoms with Gasteiger partial charge in [0.05, 0.1) is 12.3 Å². The smallest absolute Gasteiger partial charge is 0.259 e. The molecule has 0 bridgehead atoms. The summed E-state index contributed by atoms with van der Waals surface area (Å²) in [5.74, 6) is -0.0528. The molecule has 1 aliphatic heterocycles. The molecule has 22 heavy (non-hydrogen) atoms. The zero-order chi connectivity index (χ0) is 15.7. The fourth-order valence-electron chi connectivity index (χ4n) is 3.00. The number of fused-ring (bicyclic) bond motifs is 1. The van der Waals surface area contributed by atoms with Gasteiger partial charge in [-0.25, -0.2) is 9.50 Å². The average molecular weight is 303 g/mol. The first-order chi connectivity index (χ1) is 10.6. The monoisotopic (exact) mass is 303 g/mol. The largest absolute Gasteiger partial charge is 0.380 e. The minimum Gasteiger partial charge on any atom is -0.380 e. The van der Waals surface area contributed by atoms with E-state index in [2.05, 4.69) is 22.0 Å². The molecule has 118 valence electrons. The van der Waals surface area contributed by atoms with Crippen LogP contribution in [-0.2, 0) is 4.74 Å². The van der Waals surface area contributed by atoms with E-state index in [0.29, 0.717) is 23.8 Å². The number of rotatable bonds is 4. The molecule has 7 nitrogen and oxygen atoms in total. The summed E-state index contributed by atoms with van der Waals surface area (Å²) in [4.78, 5) is 20.9. The molecule has 2 atom stereocenters. The molecule has 1 saturated heterocycles. The van der Waals surface area contributed by atoms with E-state index < -0.39 is 0 Å². The lowest BCUT2D eigenvalue weighted by Crippen LogP contribution is -2.39. The zero-order valence-corrected chi connectivity index (χ0v) is 13.1. The Morgan fingerprint density at radius 2 is 2.36 bits per heavy atom. The first-order valence-electron chi connectivity index (χ1n) is 7.37. The van der Waals surface area contributed by atoms with Crippen molar-refractivity contribution in [3.63, 3.8) is 0 Å². The average Bonchev–Trinajstić information content (AvgIpc) is 3.10. The van der Waals surface area contributed by atoms with Gasteiger partial charge in [-0.05, 0) is 19.5 Å². The molecule has 0 spiro atoms. The van der Waals surface area contributed by atoms with Crippen LogP contribution in [0.2, 0.25) is 0 Å². The number of aromatic nitrogens is 3. The van der Waals surface area contributed by atoms with Crippen LogP contribution in [0.15, 0.2) is 24.7 Å². The van der Waals surface area contributed by atoms with Crippen LogP contribution in [0.4, 0.5) is 0 Å². The van der Waals surface area contributed by atoms with Gasteiger partial charge in [-0.15, -0.1) is 0 Å². The first-order valence-corrected chi connectivity index (χ1v) is 7.37. The Bertz CT molecular complexity index is 671. The molecule has 2 aromatic heterocycles. The van der Waals surface area contributed by atoms with Gasteiger partial charge < -0.3 is 9.64 Å². The minimum absolute atomic E-state index is 0.0528. The van der Waals surface area contributed by atoms with Gasteiger partial charge in [0.2, 0.25) is 0 Å². The zero-order valence-electron chi connectivity index (χ0n) is 13.1. The molecule has 0 radical (unpaired) electrons. The van der Waals surface area contributed by atoms with Crippen LogP contribution in [0.1, 0.15) is 16.8 Å². The van der Waals surface area contributed by atoms with E-state index in [1.165, 1.54) is 0 Å². The van der Waals surface area contributed by atoms with Gasteiger partial charge in [0, 0.05) is 45.7 Å². The Morgan fingerprint density at radius 1 is 1.55 bits per heavy atom. The van der Waals surface area contributed by atoms with Crippen molar-refractivity contribution in [1.82, 2.24) is 24.4 Å². The van der Waals surface area contributed by atoms with Gasteiger partial charge in [-0.1, -0.05) is 0 Å². The molecule has 0 N–H and O–H groups in total. The predicted octanol–water partition coefficient (Wildman–Crippen LogP) is 0.520. The Kier molecular flexibility index (Phi) is 4.08. The quantitative estimate of drug-likeness (QED) is 0.824. The van der Waals surface area contributed by atoms with Crippen LogP contribution in [0.25, 0.3) is 5.65 Å². The number of hydrogen-bond acceptors (Lipinski definition) is 5. The van der Waals surface area contributed by atoms with Gasteiger partial charge in [0.25, 0.3) is 5.91 Å². The normalized spacial score (nSPS) is 22.3. The summed E-state index contributed by atoms with van der Waals surface area (Å²) in [7, 11) is 5.63. The van der Waals surface area contributed by atoms with Gasteiger partial charge >= 0.3 is 0 Å². The van der Waals surface area contributed by atoms with Gasteiger partial charge in [-0.3, -0.25) is 9.69 Å². The van der Waals surface area contributed by atoms with Crippen molar-refractivity contribution in [2.24, 2.45) is 0 Å². The van der Waals surface area contributed by atoms with Crippen LogP contribution in [0.5, 0.6) is 0 Å². The second-order valence-corrected chi connectivity index (χ2v) is 5.82. The molecule has 0 aromatic carbocycles. The summed E-state index contributed by atoms with van der Waals surface area (Å²) in [6.45, 7) is 1.57. The molecule has 1 amide bonds. The van der Waals surface area contributed by atoms with Crippen LogP contribution in [0.3, 0.4) is 0 Å². The fraction of sp³-hybridized carbons (Fsp3) is 0.533. The summed E-state index contributed by atoms with van der Waals surface area (Å²) in [6, 6.07) is 2.10. The second-order valence-electron chi connectivity index (χ2n) is 5.82. The Labute approximate surface area is 129 Å². The van der Waals surface area contributed by atoms with E-state index in [1.54, 1.807) is 41.2 Å². The van der Waals surface area contributed by atoms with E-state index in [0.717, 1.165) is 13.0 Å². The van der Waals surface area contributed by atoms with Crippen molar-refractivity contribution < 1.29 is 9.53 Å². The third-order valence-corrected chi connectivity index (χ3v) is 4.32. The molecule has 3 heterocycles. The maximum Gasteiger partial charge on any atom is 0.259 e. The fourth-order valence-corrected chi connectivity index (χ4v) is 3.00. The molecular weight excluding hydrogens is 282 g/mol. The number of carbonyl (C=O) groups excluding carboxylic acids is 1. The van der Waals surface area contributed by atoms with E-state index in [1.807, 2.05) is 7.05 Å². The standard InChI is InChI=1S/C15H21N5O2/c1-18-10-12(22-3)7-11(18)9-19(2)15(21)13-8-17-20-6-4-5-16-14(13)20/h4-6,8,11-12H,7,9-10H2,1-3H3/t11-,12-/m0/s1. The number of likely N-dealkylation sites (tertiary alicyclic amines) is 1. The highest BCUT2D eigenvalue weighted by atomic mass is 16.5. The van der Waals surface area contributed by atoms with Crippen molar-refractivity contribution >= 4 is 11.6 Å². The lowest BCUT2D eigenvalue weighted by Gasteiger charge is -2.25. The van der Waals surface area contributed by atoms with Crippen LogP contribution in [0, 0.1) is 0 Å².